The zero-order valence-electron chi connectivity index (χ0n) is 12.0. The third-order valence-corrected chi connectivity index (χ3v) is 4.01. The van der Waals surface area contributed by atoms with Gasteiger partial charge in [-0.05, 0) is 23.8 Å². The molecule has 1 aliphatic rings. The number of hydrogen-bond donors (Lipinski definition) is 1. The third kappa shape index (κ3) is 4.30. The maximum atomic E-state index is 5.45. The van der Waals surface area contributed by atoms with Gasteiger partial charge >= 0.3 is 0 Å². The summed E-state index contributed by atoms with van der Waals surface area (Å²) < 4.78 is 10.8. The van der Waals surface area contributed by atoms with Crippen LogP contribution in [0.1, 0.15) is 31.4 Å². The second-order valence-electron chi connectivity index (χ2n) is 5.72. The van der Waals surface area contributed by atoms with Gasteiger partial charge in [0.1, 0.15) is 0 Å². The van der Waals surface area contributed by atoms with Crippen LogP contribution in [-0.4, -0.2) is 33.5 Å². The molecule has 0 spiro atoms. The highest BCUT2D eigenvalue weighted by Crippen LogP contribution is 2.29. The average Bonchev–Trinajstić information content (AvgIpc) is 2.45. The molecule has 1 saturated heterocycles. The van der Waals surface area contributed by atoms with E-state index in [1.165, 1.54) is 5.56 Å². The predicted octanol–water partition coefficient (Wildman–Crippen LogP) is 2.78. The van der Waals surface area contributed by atoms with Gasteiger partial charge in [-0.3, -0.25) is 0 Å². The lowest BCUT2D eigenvalue weighted by molar-refractivity contribution is 0.0212. The summed E-state index contributed by atoms with van der Waals surface area (Å²) in [5, 5.41) is 3.67. The van der Waals surface area contributed by atoms with E-state index in [9.17, 15) is 0 Å². The molecular formula is C16H25NO2. The van der Waals surface area contributed by atoms with Crippen molar-refractivity contribution < 1.29 is 9.47 Å². The largest absolute Gasteiger partial charge is 0.383 e. The van der Waals surface area contributed by atoms with Crippen LogP contribution in [-0.2, 0) is 9.47 Å². The smallest absolute Gasteiger partial charge is 0.0657 e. The molecule has 0 radical (unpaired) electrons. The van der Waals surface area contributed by atoms with Gasteiger partial charge in [0.05, 0.1) is 12.6 Å². The molecule has 3 heteroatoms. The van der Waals surface area contributed by atoms with Gasteiger partial charge in [0, 0.05) is 26.9 Å². The standard InChI is InChI=1S/C16H25NO2/c1-16(8-10-19-11-9-16)13-17-15(12-18-2)14-6-4-3-5-7-14/h3-7,15,17H,8-13H2,1-2H3. The number of hydrogen-bond acceptors (Lipinski definition) is 3. The molecule has 1 aromatic carbocycles. The number of rotatable bonds is 6. The first kappa shape index (κ1) is 14.5. The van der Waals surface area contributed by atoms with Crippen molar-refractivity contribution in [1.82, 2.24) is 5.32 Å². The van der Waals surface area contributed by atoms with Crippen molar-refractivity contribution in [3.05, 3.63) is 35.9 Å². The second kappa shape index (κ2) is 7.04. The van der Waals surface area contributed by atoms with E-state index in [2.05, 4.69) is 36.5 Å². The molecule has 1 fully saturated rings. The maximum absolute atomic E-state index is 5.45. The van der Waals surface area contributed by atoms with Crippen molar-refractivity contribution in [2.24, 2.45) is 5.41 Å². The topological polar surface area (TPSA) is 30.5 Å². The van der Waals surface area contributed by atoms with Crippen LogP contribution in [0, 0.1) is 5.41 Å². The summed E-state index contributed by atoms with van der Waals surface area (Å²) in [5.41, 5.74) is 1.64. The van der Waals surface area contributed by atoms with Crippen LogP contribution in [0.5, 0.6) is 0 Å². The van der Waals surface area contributed by atoms with Gasteiger partial charge < -0.3 is 14.8 Å². The molecule has 1 N–H and O–H groups in total. The Morgan fingerprint density at radius 3 is 2.58 bits per heavy atom. The molecule has 3 nitrogen and oxygen atoms in total. The van der Waals surface area contributed by atoms with Gasteiger partial charge in [-0.25, -0.2) is 0 Å². The van der Waals surface area contributed by atoms with Crippen molar-refractivity contribution in [2.45, 2.75) is 25.8 Å². The predicted molar refractivity (Wildman–Crippen MR) is 77.2 cm³/mol. The molecule has 0 bridgehead atoms. The van der Waals surface area contributed by atoms with Crippen molar-refractivity contribution in [3.8, 4) is 0 Å². The Hall–Kier alpha value is -0.900. The normalized spacial score (nSPS) is 20.1. The molecule has 1 unspecified atom stereocenters. The number of nitrogens with one attached hydrogen (secondary N) is 1. The molecule has 1 aromatic rings. The van der Waals surface area contributed by atoms with E-state index in [0.29, 0.717) is 12.0 Å². The van der Waals surface area contributed by atoms with Crippen molar-refractivity contribution in [3.63, 3.8) is 0 Å². The molecule has 106 valence electrons. The molecular weight excluding hydrogens is 238 g/mol. The van der Waals surface area contributed by atoms with Gasteiger partial charge in [0.15, 0.2) is 0 Å². The lowest BCUT2D eigenvalue weighted by Gasteiger charge is -2.35. The summed E-state index contributed by atoms with van der Waals surface area (Å²) in [7, 11) is 1.76. The van der Waals surface area contributed by atoms with Crippen molar-refractivity contribution in [1.29, 1.82) is 0 Å². The Morgan fingerprint density at radius 1 is 1.26 bits per heavy atom. The second-order valence-corrected chi connectivity index (χ2v) is 5.72. The van der Waals surface area contributed by atoms with Crippen LogP contribution in [0.25, 0.3) is 0 Å². The lowest BCUT2D eigenvalue weighted by Crippen LogP contribution is -2.39. The number of benzene rings is 1. The summed E-state index contributed by atoms with van der Waals surface area (Å²) in [5.74, 6) is 0. The monoisotopic (exact) mass is 263 g/mol. The number of methoxy groups -OCH3 is 1. The zero-order chi connectivity index (χ0) is 13.6. The first-order valence-corrected chi connectivity index (χ1v) is 7.08. The fourth-order valence-electron chi connectivity index (χ4n) is 2.54. The van der Waals surface area contributed by atoms with Gasteiger partial charge in [-0.15, -0.1) is 0 Å². The highest BCUT2D eigenvalue weighted by atomic mass is 16.5. The van der Waals surface area contributed by atoms with Gasteiger partial charge in [-0.2, -0.15) is 0 Å². The molecule has 0 saturated carbocycles. The van der Waals surface area contributed by atoms with E-state index < -0.39 is 0 Å². The maximum Gasteiger partial charge on any atom is 0.0657 e. The highest BCUT2D eigenvalue weighted by Gasteiger charge is 2.28. The molecule has 0 aromatic heterocycles. The Labute approximate surface area is 116 Å². The quantitative estimate of drug-likeness (QED) is 0.856. The molecule has 0 amide bonds. The fraction of sp³-hybridized carbons (Fsp3) is 0.625. The van der Waals surface area contributed by atoms with E-state index in [1.54, 1.807) is 7.11 Å². The molecule has 2 rings (SSSR count). The van der Waals surface area contributed by atoms with Gasteiger partial charge in [0.2, 0.25) is 0 Å². The van der Waals surface area contributed by atoms with Crippen LogP contribution >= 0.6 is 0 Å². The lowest BCUT2D eigenvalue weighted by atomic mass is 9.82. The molecule has 1 atom stereocenters. The molecule has 1 heterocycles. The zero-order valence-corrected chi connectivity index (χ0v) is 12.0. The van der Waals surface area contributed by atoms with E-state index in [4.69, 9.17) is 9.47 Å². The minimum atomic E-state index is 0.269. The minimum absolute atomic E-state index is 0.269. The first-order valence-electron chi connectivity index (χ1n) is 7.08. The highest BCUT2D eigenvalue weighted by molar-refractivity contribution is 5.19. The van der Waals surface area contributed by atoms with Gasteiger partial charge in [0.25, 0.3) is 0 Å². The third-order valence-electron chi connectivity index (χ3n) is 4.01. The summed E-state index contributed by atoms with van der Waals surface area (Å²) >= 11 is 0. The van der Waals surface area contributed by atoms with Crippen LogP contribution in [0.4, 0.5) is 0 Å². The van der Waals surface area contributed by atoms with Crippen LogP contribution < -0.4 is 5.32 Å². The summed E-state index contributed by atoms with van der Waals surface area (Å²) in [4.78, 5) is 0. The number of ether oxygens (including phenoxy) is 2. The Balaban J connectivity index is 1.93. The molecule has 19 heavy (non-hydrogen) atoms. The van der Waals surface area contributed by atoms with Crippen LogP contribution in [0.15, 0.2) is 30.3 Å². The Bertz CT molecular complexity index is 360. The van der Waals surface area contributed by atoms with E-state index in [1.807, 2.05) is 6.07 Å². The van der Waals surface area contributed by atoms with E-state index >= 15 is 0 Å². The summed E-state index contributed by atoms with van der Waals surface area (Å²) in [6.45, 7) is 5.84. The first-order chi connectivity index (χ1) is 9.23. The summed E-state index contributed by atoms with van der Waals surface area (Å²) in [6.07, 6.45) is 2.27. The SMILES string of the molecule is COCC(NCC1(C)CCOCC1)c1ccccc1. The van der Waals surface area contributed by atoms with E-state index in [-0.39, 0.29) is 6.04 Å². The fourth-order valence-corrected chi connectivity index (χ4v) is 2.54. The molecule has 0 aliphatic carbocycles. The Morgan fingerprint density at radius 2 is 1.95 bits per heavy atom. The summed E-state index contributed by atoms with van der Waals surface area (Å²) in [6, 6.07) is 10.8. The van der Waals surface area contributed by atoms with Crippen molar-refractivity contribution >= 4 is 0 Å². The minimum Gasteiger partial charge on any atom is -0.383 e. The van der Waals surface area contributed by atoms with Gasteiger partial charge in [-0.1, -0.05) is 37.3 Å². The van der Waals surface area contributed by atoms with E-state index in [0.717, 1.165) is 32.6 Å². The Kier molecular flexibility index (Phi) is 5.37. The average molecular weight is 263 g/mol. The molecule has 1 aliphatic heterocycles. The van der Waals surface area contributed by atoms with Crippen LogP contribution in [0.2, 0.25) is 0 Å². The van der Waals surface area contributed by atoms with Crippen LogP contribution in [0.3, 0.4) is 0 Å². The van der Waals surface area contributed by atoms with Crippen molar-refractivity contribution in [2.75, 3.05) is 33.5 Å².